The van der Waals surface area contributed by atoms with Gasteiger partial charge in [-0.3, -0.25) is 0 Å². The van der Waals surface area contributed by atoms with E-state index in [-0.39, 0.29) is 33.8 Å². The molecule has 0 saturated heterocycles. The highest BCUT2D eigenvalue weighted by atomic mass is 16.5. The summed E-state index contributed by atoms with van der Waals surface area (Å²) in [6, 6.07) is 4.74. The zero-order chi connectivity index (χ0) is 21.9. The van der Waals surface area contributed by atoms with Crippen molar-refractivity contribution >= 4 is 11.9 Å². The van der Waals surface area contributed by atoms with Gasteiger partial charge in [0.2, 0.25) is 0 Å². The maximum absolute atomic E-state index is 12.0. The maximum atomic E-state index is 12.0. The van der Waals surface area contributed by atoms with E-state index in [4.69, 9.17) is 0 Å². The first kappa shape index (κ1) is 21.6. The fourth-order valence-corrected chi connectivity index (χ4v) is 3.00. The number of allylic oxidation sites excluding steroid dienone is 2. The van der Waals surface area contributed by atoms with E-state index in [1.165, 1.54) is 24.3 Å². The number of phenols is 4. The highest BCUT2D eigenvalue weighted by molar-refractivity contribution is 5.95. The number of hydrogen-bond acceptors (Lipinski definition) is 8. The molecular weight excluding hydrogens is 380 g/mol. The standard InChI is InChI=1S/C21H22O8/c1-10(2)9-13(16-14(22)7-5-11(18(16)24)20(26)28-3)17-15(23)8-6-12(19(17)25)21(27)29-4/h5-9,13,22-25H,1-4H3. The molecule has 2 rings (SSSR count). The Morgan fingerprint density at radius 2 is 1.17 bits per heavy atom. The van der Waals surface area contributed by atoms with Gasteiger partial charge in [-0.1, -0.05) is 11.6 Å². The number of phenolic OH excluding ortho intramolecular Hbond substituents is 4. The highest BCUT2D eigenvalue weighted by Gasteiger charge is 2.30. The normalized spacial score (nSPS) is 10.5. The number of methoxy groups -OCH3 is 2. The second kappa shape index (κ2) is 8.55. The summed E-state index contributed by atoms with van der Waals surface area (Å²) < 4.78 is 9.27. The number of rotatable bonds is 5. The number of carbonyl (C=O) groups is 2. The minimum atomic E-state index is -1.10. The fraction of sp³-hybridized carbons (Fsp3) is 0.238. The van der Waals surface area contributed by atoms with Gasteiger partial charge in [0.1, 0.15) is 34.1 Å². The van der Waals surface area contributed by atoms with E-state index >= 15 is 0 Å². The SMILES string of the molecule is COC(=O)c1ccc(O)c(C(C=C(C)C)c2c(O)ccc(C(=O)OC)c2O)c1O. The molecule has 2 aromatic rings. The van der Waals surface area contributed by atoms with E-state index < -0.39 is 29.4 Å². The average molecular weight is 402 g/mol. The molecule has 8 nitrogen and oxygen atoms in total. The van der Waals surface area contributed by atoms with Crippen molar-refractivity contribution in [3.8, 4) is 23.0 Å². The summed E-state index contributed by atoms with van der Waals surface area (Å²) in [6.07, 6.45) is 1.55. The Balaban J connectivity index is 2.88. The molecule has 0 amide bonds. The summed E-state index contributed by atoms with van der Waals surface area (Å²) >= 11 is 0. The quantitative estimate of drug-likeness (QED) is 0.443. The molecule has 0 aliphatic heterocycles. The summed E-state index contributed by atoms with van der Waals surface area (Å²) in [4.78, 5) is 23.9. The van der Waals surface area contributed by atoms with Crippen LogP contribution in [0.2, 0.25) is 0 Å². The van der Waals surface area contributed by atoms with Gasteiger partial charge < -0.3 is 29.9 Å². The first-order chi connectivity index (χ1) is 13.6. The predicted octanol–water partition coefficient (Wildman–Crippen LogP) is 3.18. The summed E-state index contributed by atoms with van der Waals surface area (Å²) in [6.45, 7) is 3.45. The molecule has 0 unspecified atom stereocenters. The second-order valence-corrected chi connectivity index (χ2v) is 6.49. The molecule has 0 fully saturated rings. The lowest BCUT2D eigenvalue weighted by Crippen LogP contribution is -2.09. The van der Waals surface area contributed by atoms with Crippen molar-refractivity contribution in [2.45, 2.75) is 19.8 Å². The van der Waals surface area contributed by atoms with Crippen LogP contribution in [0.5, 0.6) is 23.0 Å². The number of benzene rings is 2. The molecule has 8 heteroatoms. The molecule has 0 aromatic heterocycles. The van der Waals surface area contributed by atoms with E-state index in [9.17, 15) is 30.0 Å². The molecule has 2 aromatic carbocycles. The Hall–Kier alpha value is -3.68. The average Bonchev–Trinajstić information content (AvgIpc) is 2.66. The largest absolute Gasteiger partial charge is 0.507 e. The summed E-state index contributed by atoms with van der Waals surface area (Å²) in [5.74, 6) is -4.72. The number of ether oxygens (including phenoxy) is 2. The van der Waals surface area contributed by atoms with Crippen LogP contribution in [0, 0.1) is 0 Å². The highest BCUT2D eigenvalue weighted by Crippen LogP contribution is 2.47. The molecule has 4 N–H and O–H groups in total. The van der Waals surface area contributed by atoms with Crippen LogP contribution in [0.1, 0.15) is 51.6 Å². The smallest absolute Gasteiger partial charge is 0.341 e. The molecule has 0 aliphatic rings. The number of aromatic hydroxyl groups is 4. The summed E-state index contributed by atoms with van der Waals surface area (Å²) in [5, 5.41) is 42.2. The predicted molar refractivity (Wildman–Crippen MR) is 103 cm³/mol. The fourth-order valence-electron chi connectivity index (χ4n) is 3.00. The van der Waals surface area contributed by atoms with Gasteiger partial charge in [-0.25, -0.2) is 9.59 Å². The van der Waals surface area contributed by atoms with Crippen molar-refractivity contribution in [2.24, 2.45) is 0 Å². The van der Waals surface area contributed by atoms with Crippen LogP contribution in [0.3, 0.4) is 0 Å². The van der Waals surface area contributed by atoms with Gasteiger partial charge in [-0.05, 0) is 38.1 Å². The molecule has 29 heavy (non-hydrogen) atoms. The first-order valence-electron chi connectivity index (χ1n) is 8.55. The van der Waals surface area contributed by atoms with E-state index in [0.717, 1.165) is 14.2 Å². The number of hydrogen-bond donors (Lipinski definition) is 4. The van der Waals surface area contributed by atoms with E-state index in [1.54, 1.807) is 19.9 Å². The van der Waals surface area contributed by atoms with Crippen LogP contribution >= 0.6 is 0 Å². The molecule has 0 aliphatic carbocycles. The van der Waals surface area contributed by atoms with Gasteiger partial charge in [0.05, 0.1) is 14.2 Å². The summed E-state index contributed by atoms with van der Waals surface area (Å²) in [5.41, 5.74) is -0.0194. The van der Waals surface area contributed by atoms with Gasteiger partial charge in [-0.15, -0.1) is 0 Å². The van der Waals surface area contributed by atoms with Crippen molar-refractivity contribution in [1.82, 2.24) is 0 Å². The van der Waals surface area contributed by atoms with Crippen molar-refractivity contribution in [3.05, 3.63) is 58.2 Å². The Morgan fingerprint density at radius 3 is 1.48 bits per heavy atom. The Kier molecular flexibility index (Phi) is 6.38. The van der Waals surface area contributed by atoms with Gasteiger partial charge in [0.25, 0.3) is 0 Å². The molecular formula is C21H22O8. The zero-order valence-electron chi connectivity index (χ0n) is 16.4. The van der Waals surface area contributed by atoms with Gasteiger partial charge in [0, 0.05) is 17.0 Å². The molecule has 0 spiro atoms. The van der Waals surface area contributed by atoms with Crippen molar-refractivity contribution in [3.63, 3.8) is 0 Å². The van der Waals surface area contributed by atoms with Crippen LogP contribution in [-0.2, 0) is 9.47 Å². The van der Waals surface area contributed by atoms with Gasteiger partial charge in [-0.2, -0.15) is 0 Å². The molecule has 0 saturated carbocycles. The topological polar surface area (TPSA) is 134 Å². The van der Waals surface area contributed by atoms with Gasteiger partial charge in [0.15, 0.2) is 0 Å². The minimum absolute atomic E-state index is 0.151. The minimum Gasteiger partial charge on any atom is -0.507 e. The van der Waals surface area contributed by atoms with E-state index in [1.807, 2.05) is 0 Å². The maximum Gasteiger partial charge on any atom is 0.341 e. The number of carbonyl (C=O) groups excluding carboxylic acids is 2. The first-order valence-corrected chi connectivity index (χ1v) is 8.55. The lowest BCUT2D eigenvalue weighted by Gasteiger charge is -2.21. The Morgan fingerprint density at radius 1 is 0.793 bits per heavy atom. The van der Waals surface area contributed by atoms with Crippen molar-refractivity contribution < 1.29 is 39.5 Å². The summed E-state index contributed by atoms with van der Waals surface area (Å²) in [7, 11) is 2.28. The Labute approximate surface area is 167 Å². The third-order valence-corrected chi connectivity index (χ3v) is 4.32. The van der Waals surface area contributed by atoms with Crippen LogP contribution < -0.4 is 0 Å². The zero-order valence-corrected chi connectivity index (χ0v) is 16.4. The molecule has 0 radical (unpaired) electrons. The monoisotopic (exact) mass is 402 g/mol. The molecule has 0 bridgehead atoms. The lowest BCUT2D eigenvalue weighted by molar-refractivity contribution is 0.0588. The van der Waals surface area contributed by atoms with Crippen LogP contribution in [-0.4, -0.2) is 46.6 Å². The second-order valence-electron chi connectivity index (χ2n) is 6.49. The van der Waals surface area contributed by atoms with Crippen molar-refractivity contribution in [1.29, 1.82) is 0 Å². The van der Waals surface area contributed by atoms with Crippen LogP contribution in [0.4, 0.5) is 0 Å². The van der Waals surface area contributed by atoms with E-state index in [0.29, 0.717) is 5.57 Å². The molecule has 0 atom stereocenters. The number of esters is 2. The lowest BCUT2D eigenvalue weighted by atomic mass is 9.85. The third kappa shape index (κ3) is 4.11. The molecule has 154 valence electrons. The Bertz CT molecular complexity index is 915. The molecule has 0 heterocycles. The van der Waals surface area contributed by atoms with Crippen molar-refractivity contribution in [2.75, 3.05) is 14.2 Å². The van der Waals surface area contributed by atoms with Crippen LogP contribution in [0.25, 0.3) is 0 Å². The van der Waals surface area contributed by atoms with E-state index in [2.05, 4.69) is 9.47 Å². The van der Waals surface area contributed by atoms with Crippen LogP contribution in [0.15, 0.2) is 35.9 Å². The van der Waals surface area contributed by atoms with Gasteiger partial charge >= 0.3 is 11.9 Å². The third-order valence-electron chi connectivity index (χ3n) is 4.32.